The monoisotopic (exact) mass is 319 g/mol. The van der Waals surface area contributed by atoms with E-state index < -0.39 is 21.9 Å². The molecule has 1 N–H and O–H groups in total. The summed E-state index contributed by atoms with van der Waals surface area (Å²) in [5.41, 5.74) is -2.19. The van der Waals surface area contributed by atoms with Gasteiger partial charge >= 0.3 is 16.9 Å². The Bertz CT molecular complexity index is 537. The zero-order valence-electron chi connectivity index (χ0n) is 9.89. The Hall–Kier alpha value is -1.44. The van der Waals surface area contributed by atoms with Gasteiger partial charge < -0.3 is 0 Å². The summed E-state index contributed by atoms with van der Waals surface area (Å²) in [5.74, 6) is 0.391. The van der Waals surface area contributed by atoms with E-state index in [4.69, 9.17) is 0 Å². The van der Waals surface area contributed by atoms with E-state index in [9.17, 15) is 19.7 Å². The maximum absolute atomic E-state index is 11.5. The number of aryl methyl sites for hydroxylation is 1. The number of nitro groups is 1. The smallest absolute Gasteiger partial charge is 0.294 e. The Kier molecular flexibility index (Phi) is 5.26. The van der Waals surface area contributed by atoms with Crippen molar-refractivity contribution in [2.24, 2.45) is 5.92 Å². The van der Waals surface area contributed by atoms with Crippen molar-refractivity contribution in [1.29, 1.82) is 0 Å². The van der Waals surface area contributed by atoms with E-state index in [0.29, 0.717) is 18.9 Å². The predicted octanol–water partition coefficient (Wildman–Crippen LogP) is 1.26. The maximum atomic E-state index is 11.5. The number of aromatic amines is 1. The van der Waals surface area contributed by atoms with Crippen LogP contribution in [0.2, 0.25) is 0 Å². The Labute approximate surface area is 111 Å². The van der Waals surface area contributed by atoms with Gasteiger partial charge in [0.25, 0.3) is 0 Å². The normalized spacial score (nSPS) is 12.3. The van der Waals surface area contributed by atoms with Gasteiger partial charge in [0.15, 0.2) is 0 Å². The molecule has 0 amide bonds. The molecule has 0 spiro atoms. The molecule has 1 atom stereocenters. The van der Waals surface area contributed by atoms with Crippen LogP contribution >= 0.6 is 15.9 Å². The third-order valence-corrected chi connectivity index (χ3v) is 3.11. The molecule has 0 aliphatic heterocycles. The summed E-state index contributed by atoms with van der Waals surface area (Å²) < 4.78 is 1.17. The molecular formula is C10H14BrN3O4. The molecule has 100 valence electrons. The zero-order valence-corrected chi connectivity index (χ0v) is 11.5. The summed E-state index contributed by atoms with van der Waals surface area (Å²) in [6.07, 6.45) is 2.68. The Morgan fingerprint density at radius 1 is 1.50 bits per heavy atom. The van der Waals surface area contributed by atoms with Gasteiger partial charge in [0.1, 0.15) is 0 Å². The highest BCUT2D eigenvalue weighted by Crippen LogP contribution is 2.10. The zero-order chi connectivity index (χ0) is 13.7. The lowest BCUT2D eigenvalue weighted by molar-refractivity contribution is -0.386. The summed E-state index contributed by atoms with van der Waals surface area (Å²) in [7, 11) is 0. The van der Waals surface area contributed by atoms with Crippen molar-refractivity contribution >= 4 is 21.6 Å². The Morgan fingerprint density at radius 3 is 2.72 bits per heavy atom. The lowest BCUT2D eigenvalue weighted by Crippen LogP contribution is -2.31. The SMILES string of the molecule is CC(CCBr)CCn1cc([N+](=O)[O-])c(=O)[nH]c1=O. The van der Waals surface area contributed by atoms with Gasteiger partial charge in [-0.05, 0) is 18.8 Å². The number of alkyl halides is 1. The van der Waals surface area contributed by atoms with Crippen LogP contribution in [-0.4, -0.2) is 19.8 Å². The minimum absolute atomic E-state index is 0.352. The first-order chi connectivity index (χ1) is 8.45. The quantitative estimate of drug-likeness (QED) is 0.484. The van der Waals surface area contributed by atoms with Gasteiger partial charge in [0.05, 0.1) is 11.1 Å². The molecule has 0 aliphatic carbocycles. The van der Waals surface area contributed by atoms with Crippen LogP contribution in [0, 0.1) is 16.0 Å². The highest BCUT2D eigenvalue weighted by Gasteiger charge is 2.15. The average Bonchev–Trinajstić information content (AvgIpc) is 2.27. The number of aromatic nitrogens is 2. The van der Waals surface area contributed by atoms with Crippen LogP contribution in [-0.2, 0) is 6.54 Å². The molecular weight excluding hydrogens is 306 g/mol. The van der Waals surface area contributed by atoms with Crippen molar-refractivity contribution in [3.8, 4) is 0 Å². The first-order valence-electron chi connectivity index (χ1n) is 5.49. The molecule has 0 fully saturated rings. The van der Waals surface area contributed by atoms with E-state index in [0.717, 1.165) is 17.9 Å². The van der Waals surface area contributed by atoms with Crippen LogP contribution in [0.5, 0.6) is 0 Å². The number of hydrogen-bond donors (Lipinski definition) is 1. The van der Waals surface area contributed by atoms with Crippen LogP contribution < -0.4 is 11.2 Å². The molecule has 1 aromatic rings. The minimum Gasteiger partial charge on any atom is -0.294 e. The molecule has 0 bridgehead atoms. The van der Waals surface area contributed by atoms with E-state index in [1.807, 2.05) is 11.9 Å². The van der Waals surface area contributed by atoms with Crippen molar-refractivity contribution in [3.63, 3.8) is 0 Å². The van der Waals surface area contributed by atoms with Gasteiger partial charge in [-0.25, -0.2) is 4.79 Å². The third kappa shape index (κ3) is 3.80. The third-order valence-electron chi connectivity index (χ3n) is 2.65. The second kappa shape index (κ2) is 6.48. The Balaban J connectivity index is 2.89. The maximum Gasteiger partial charge on any atom is 0.350 e. The van der Waals surface area contributed by atoms with Crippen LogP contribution in [0.25, 0.3) is 0 Å². The molecule has 1 aromatic heterocycles. The lowest BCUT2D eigenvalue weighted by atomic mass is 10.1. The highest BCUT2D eigenvalue weighted by molar-refractivity contribution is 9.09. The second-order valence-corrected chi connectivity index (χ2v) is 4.89. The van der Waals surface area contributed by atoms with Gasteiger partial charge in [0.2, 0.25) is 0 Å². The second-order valence-electron chi connectivity index (χ2n) is 4.10. The molecule has 0 saturated carbocycles. The minimum atomic E-state index is -0.963. The molecule has 0 saturated heterocycles. The van der Waals surface area contributed by atoms with E-state index in [1.165, 1.54) is 4.57 Å². The molecule has 1 rings (SSSR count). The molecule has 0 aromatic carbocycles. The van der Waals surface area contributed by atoms with Gasteiger partial charge in [-0.15, -0.1) is 0 Å². The van der Waals surface area contributed by atoms with Crippen molar-refractivity contribution in [3.05, 3.63) is 37.1 Å². The first-order valence-corrected chi connectivity index (χ1v) is 6.62. The van der Waals surface area contributed by atoms with E-state index in [-0.39, 0.29) is 0 Å². The van der Waals surface area contributed by atoms with Gasteiger partial charge in [-0.2, -0.15) is 0 Å². The van der Waals surface area contributed by atoms with Crippen LogP contribution in [0.1, 0.15) is 19.8 Å². The molecule has 1 heterocycles. The summed E-state index contributed by atoms with van der Waals surface area (Å²) in [6.45, 7) is 2.39. The lowest BCUT2D eigenvalue weighted by Gasteiger charge is -2.10. The van der Waals surface area contributed by atoms with Gasteiger partial charge in [0, 0.05) is 11.9 Å². The fourth-order valence-electron chi connectivity index (χ4n) is 1.48. The predicted molar refractivity (Wildman–Crippen MR) is 70.2 cm³/mol. The van der Waals surface area contributed by atoms with Gasteiger partial charge in [-0.3, -0.25) is 24.5 Å². The molecule has 18 heavy (non-hydrogen) atoms. The largest absolute Gasteiger partial charge is 0.350 e. The molecule has 1 unspecified atom stereocenters. The molecule has 7 nitrogen and oxygen atoms in total. The summed E-state index contributed by atoms with van der Waals surface area (Å²) in [4.78, 5) is 34.4. The number of H-pyrrole nitrogens is 1. The van der Waals surface area contributed by atoms with E-state index in [1.54, 1.807) is 0 Å². The standard InChI is InChI=1S/C10H14BrN3O4/c1-7(2-4-11)3-5-13-6-8(14(17)18)9(15)12-10(13)16/h6-7H,2-5H2,1H3,(H,12,15,16). The fraction of sp³-hybridized carbons (Fsp3) is 0.600. The first kappa shape index (κ1) is 14.6. The van der Waals surface area contributed by atoms with Crippen molar-refractivity contribution in [2.45, 2.75) is 26.3 Å². The van der Waals surface area contributed by atoms with Crippen molar-refractivity contribution in [2.75, 3.05) is 5.33 Å². The fourth-order valence-corrected chi connectivity index (χ4v) is 2.27. The number of nitrogens with one attached hydrogen (secondary N) is 1. The summed E-state index contributed by atoms with van der Waals surface area (Å²) in [5, 5.41) is 11.5. The van der Waals surface area contributed by atoms with Crippen LogP contribution in [0.15, 0.2) is 15.8 Å². The van der Waals surface area contributed by atoms with Gasteiger partial charge in [-0.1, -0.05) is 22.9 Å². The van der Waals surface area contributed by atoms with Crippen LogP contribution in [0.4, 0.5) is 5.69 Å². The Morgan fingerprint density at radius 2 is 2.17 bits per heavy atom. The topological polar surface area (TPSA) is 98.0 Å². The number of halogens is 1. The molecule has 0 radical (unpaired) electrons. The number of nitrogens with zero attached hydrogens (tertiary/aromatic N) is 2. The van der Waals surface area contributed by atoms with Crippen molar-refractivity contribution < 1.29 is 4.92 Å². The summed E-state index contributed by atoms with van der Waals surface area (Å²) >= 11 is 3.33. The summed E-state index contributed by atoms with van der Waals surface area (Å²) in [6, 6.07) is 0. The van der Waals surface area contributed by atoms with Crippen LogP contribution in [0.3, 0.4) is 0 Å². The van der Waals surface area contributed by atoms with E-state index >= 15 is 0 Å². The number of rotatable bonds is 6. The molecule has 0 aliphatic rings. The number of hydrogen-bond acceptors (Lipinski definition) is 4. The van der Waals surface area contributed by atoms with E-state index in [2.05, 4.69) is 15.9 Å². The average molecular weight is 320 g/mol. The van der Waals surface area contributed by atoms with Crippen molar-refractivity contribution in [1.82, 2.24) is 9.55 Å². The highest BCUT2D eigenvalue weighted by atomic mass is 79.9. The molecule has 8 heteroatoms.